The van der Waals surface area contributed by atoms with Crippen molar-refractivity contribution >= 4 is 17.0 Å². The molecule has 1 aromatic carbocycles. The molecule has 6 heteroatoms. The van der Waals surface area contributed by atoms with Crippen LogP contribution >= 0.6 is 0 Å². The lowest BCUT2D eigenvalue weighted by molar-refractivity contribution is 0.414. The molecule has 1 atom stereocenters. The van der Waals surface area contributed by atoms with Crippen LogP contribution in [0.5, 0.6) is 5.75 Å². The molecule has 3 aromatic rings. The maximum Gasteiger partial charge on any atom is 0.182 e. The van der Waals surface area contributed by atoms with Crippen LogP contribution in [0.4, 0.5) is 5.82 Å². The van der Waals surface area contributed by atoms with E-state index in [0.717, 1.165) is 36.5 Å². The number of imidazole rings is 1. The number of H-pyrrole nitrogens is 1. The molecule has 0 amide bonds. The smallest absolute Gasteiger partial charge is 0.182 e. The first-order valence-corrected chi connectivity index (χ1v) is 7.41. The van der Waals surface area contributed by atoms with Crippen molar-refractivity contribution in [3.05, 3.63) is 42.5 Å². The Bertz CT molecular complexity index is 783. The number of aromatic amines is 1. The zero-order chi connectivity index (χ0) is 14.9. The lowest BCUT2D eigenvalue weighted by atomic mass is 10.0. The summed E-state index contributed by atoms with van der Waals surface area (Å²) >= 11 is 0. The van der Waals surface area contributed by atoms with Crippen molar-refractivity contribution in [1.29, 1.82) is 0 Å². The average molecular weight is 295 g/mol. The first-order valence-electron chi connectivity index (χ1n) is 7.41. The molecule has 0 unspecified atom stereocenters. The summed E-state index contributed by atoms with van der Waals surface area (Å²) in [6.45, 7) is 0.988. The fourth-order valence-electron chi connectivity index (χ4n) is 3.16. The number of aromatic nitrogens is 4. The van der Waals surface area contributed by atoms with Crippen LogP contribution in [0, 0.1) is 0 Å². The van der Waals surface area contributed by atoms with Gasteiger partial charge in [-0.25, -0.2) is 15.0 Å². The Morgan fingerprint density at radius 3 is 2.86 bits per heavy atom. The summed E-state index contributed by atoms with van der Waals surface area (Å²) in [7, 11) is 1.69. The average Bonchev–Trinajstić information content (AvgIpc) is 3.23. The summed E-state index contributed by atoms with van der Waals surface area (Å²) in [6.07, 6.45) is 5.52. The Kier molecular flexibility index (Phi) is 3.14. The van der Waals surface area contributed by atoms with E-state index in [1.54, 1.807) is 19.8 Å². The third kappa shape index (κ3) is 2.07. The number of hydrogen-bond donors (Lipinski definition) is 1. The summed E-state index contributed by atoms with van der Waals surface area (Å²) in [5.74, 6) is 1.81. The number of benzene rings is 1. The number of ether oxygens (including phenoxy) is 1. The van der Waals surface area contributed by atoms with E-state index in [1.165, 1.54) is 5.56 Å². The fourth-order valence-corrected chi connectivity index (χ4v) is 3.16. The number of nitrogens with zero attached hydrogens (tertiary/aromatic N) is 4. The van der Waals surface area contributed by atoms with Gasteiger partial charge in [0.15, 0.2) is 11.5 Å². The van der Waals surface area contributed by atoms with Crippen molar-refractivity contribution < 1.29 is 4.74 Å². The standard InChI is InChI=1S/C16H17N5O/c1-22-12-6-4-11(5-7-12)13-3-2-8-21(13)16-14-15(18-9-17-14)19-10-20-16/h4-7,9-10,13H,2-3,8H2,1H3,(H,17,18,19,20)/t13-/m0/s1. The van der Waals surface area contributed by atoms with Gasteiger partial charge >= 0.3 is 0 Å². The second-order valence-corrected chi connectivity index (χ2v) is 5.42. The fraction of sp³-hybridized carbons (Fsp3) is 0.312. The molecule has 0 saturated carbocycles. The van der Waals surface area contributed by atoms with E-state index < -0.39 is 0 Å². The molecular weight excluding hydrogens is 278 g/mol. The largest absolute Gasteiger partial charge is 0.497 e. The first kappa shape index (κ1) is 13.1. The Morgan fingerprint density at radius 1 is 1.18 bits per heavy atom. The van der Waals surface area contributed by atoms with Crippen molar-refractivity contribution in [3.8, 4) is 5.75 Å². The van der Waals surface area contributed by atoms with Crippen molar-refractivity contribution in [2.75, 3.05) is 18.6 Å². The first-order chi connectivity index (χ1) is 10.9. The lowest BCUT2D eigenvalue weighted by Gasteiger charge is -2.26. The third-order valence-electron chi connectivity index (χ3n) is 4.23. The van der Waals surface area contributed by atoms with Gasteiger partial charge in [-0.15, -0.1) is 0 Å². The molecule has 0 aliphatic carbocycles. The van der Waals surface area contributed by atoms with Crippen LogP contribution in [0.15, 0.2) is 36.9 Å². The topological polar surface area (TPSA) is 66.9 Å². The highest BCUT2D eigenvalue weighted by Gasteiger charge is 2.28. The minimum Gasteiger partial charge on any atom is -0.497 e. The van der Waals surface area contributed by atoms with Gasteiger partial charge < -0.3 is 14.6 Å². The van der Waals surface area contributed by atoms with E-state index in [9.17, 15) is 0 Å². The van der Waals surface area contributed by atoms with Gasteiger partial charge in [0.25, 0.3) is 0 Å². The highest BCUT2D eigenvalue weighted by molar-refractivity contribution is 5.83. The molecule has 112 valence electrons. The van der Waals surface area contributed by atoms with Gasteiger partial charge in [0.2, 0.25) is 0 Å². The molecule has 1 N–H and O–H groups in total. The zero-order valence-electron chi connectivity index (χ0n) is 12.4. The van der Waals surface area contributed by atoms with Gasteiger partial charge in [-0.1, -0.05) is 12.1 Å². The maximum atomic E-state index is 5.24. The van der Waals surface area contributed by atoms with E-state index in [2.05, 4.69) is 37.0 Å². The van der Waals surface area contributed by atoms with Crippen molar-refractivity contribution in [3.63, 3.8) is 0 Å². The predicted octanol–water partition coefficient (Wildman–Crippen LogP) is 2.70. The molecule has 0 spiro atoms. The molecule has 0 radical (unpaired) electrons. The molecule has 3 heterocycles. The molecule has 1 saturated heterocycles. The molecule has 2 aromatic heterocycles. The number of hydrogen-bond acceptors (Lipinski definition) is 5. The van der Waals surface area contributed by atoms with Crippen LogP contribution in [0.1, 0.15) is 24.4 Å². The highest BCUT2D eigenvalue weighted by atomic mass is 16.5. The van der Waals surface area contributed by atoms with Crippen molar-refractivity contribution in [2.45, 2.75) is 18.9 Å². The number of anilines is 1. The van der Waals surface area contributed by atoms with Gasteiger partial charge in [-0.3, -0.25) is 0 Å². The molecule has 1 aliphatic rings. The van der Waals surface area contributed by atoms with Crippen molar-refractivity contribution in [2.24, 2.45) is 0 Å². The molecule has 6 nitrogen and oxygen atoms in total. The van der Waals surface area contributed by atoms with Crippen molar-refractivity contribution in [1.82, 2.24) is 19.9 Å². The van der Waals surface area contributed by atoms with Gasteiger partial charge in [0, 0.05) is 6.54 Å². The Labute approximate surface area is 128 Å². The molecule has 0 bridgehead atoms. The normalized spacial score (nSPS) is 18.0. The lowest BCUT2D eigenvalue weighted by Crippen LogP contribution is -2.24. The second-order valence-electron chi connectivity index (χ2n) is 5.42. The molecule has 4 rings (SSSR count). The molecular formula is C16H17N5O. The van der Waals surface area contributed by atoms with Crippen LogP contribution in [0.2, 0.25) is 0 Å². The van der Waals surface area contributed by atoms with Crippen LogP contribution in [-0.2, 0) is 0 Å². The van der Waals surface area contributed by atoms with Crippen LogP contribution in [0.3, 0.4) is 0 Å². The number of fused-ring (bicyclic) bond motifs is 1. The van der Waals surface area contributed by atoms with E-state index >= 15 is 0 Å². The molecule has 1 fully saturated rings. The summed E-state index contributed by atoms with van der Waals surface area (Å²) in [6, 6.07) is 8.61. The quantitative estimate of drug-likeness (QED) is 0.804. The molecule has 22 heavy (non-hydrogen) atoms. The summed E-state index contributed by atoms with van der Waals surface area (Å²) in [5.41, 5.74) is 2.90. The summed E-state index contributed by atoms with van der Waals surface area (Å²) in [5, 5.41) is 0. The maximum absolute atomic E-state index is 5.24. The number of nitrogens with one attached hydrogen (secondary N) is 1. The van der Waals surface area contributed by atoms with Crippen LogP contribution in [0.25, 0.3) is 11.2 Å². The summed E-state index contributed by atoms with van der Waals surface area (Å²) in [4.78, 5) is 18.4. The Morgan fingerprint density at radius 2 is 2.05 bits per heavy atom. The van der Waals surface area contributed by atoms with Crippen LogP contribution in [-0.4, -0.2) is 33.6 Å². The molecule has 1 aliphatic heterocycles. The summed E-state index contributed by atoms with van der Waals surface area (Å²) < 4.78 is 5.24. The predicted molar refractivity (Wildman–Crippen MR) is 84.0 cm³/mol. The Balaban J connectivity index is 1.72. The monoisotopic (exact) mass is 295 g/mol. The van der Waals surface area contributed by atoms with Gasteiger partial charge in [0.1, 0.15) is 17.6 Å². The minimum absolute atomic E-state index is 0.326. The van der Waals surface area contributed by atoms with E-state index in [0.29, 0.717) is 11.7 Å². The van der Waals surface area contributed by atoms with Gasteiger partial charge in [-0.05, 0) is 30.5 Å². The highest BCUT2D eigenvalue weighted by Crippen LogP contribution is 2.37. The van der Waals surface area contributed by atoms with E-state index in [1.807, 2.05) is 12.1 Å². The van der Waals surface area contributed by atoms with E-state index in [4.69, 9.17) is 4.74 Å². The SMILES string of the molecule is COc1ccc([C@@H]2CCCN2c2ncnc3nc[nH]c23)cc1. The van der Waals surface area contributed by atoms with E-state index in [-0.39, 0.29) is 0 Å². The van der Waals surface area contributed by atoms with Gasteiger partial charge in [-0.2, -0.15) is 0 Å². The third-order valence-corrected chi connectivity index (χ3v) is 4.23. The van der Waals surface area contributed by atoms with Gasteiger partial charge in [0.05, 0.1) is 19.5 Å². The second kappa shape index (κ2) is 5.29. The number of methoxy groups -OCH3 is 1. The Hall–Kier alpha value is -2.63. The minimum atomic E-state index is 0.326. The number of rotatable bonds is 3. The zero-order valence-corrected chi connectivity index (χ0v) is 12.4. The van der Waals surface area contributed by atoms with Crippen LogP contribution < -0.4 is 9.64 Å².